The third kappa shape index (κ3) is 5.27. The summed E-state index contributed by atoms with van der Waals surface area (Å²) >= 11 is 0. The molecular formula is C25H23N3O. The molecule has 4 nitrogen and oxygen atoms in total. The van der Waals surface area contributed by atoms with Crippen LogP contribution in [0.2, 0.25) is 0 Å². The van der Waals surface area contributed by atoms with E-state index in [1.807, 2.05) is 54.7 Å². The molecule has 29 heavy (non-hydrogen) atoms. The zero-order valence-electron chi connectivity index (χ0n) is 16.1. The molecule has 0 saturated heterocycles. The number of ether oxygens (including phenoxy) is 1. The zero-order chi connectivity index (χ0) is 19.7. The van der Waals surface area contributed by atoms with Crippen LogP contribution < -0.4 is 10.1 Å². The lowest BCUT2D eigenvalue weighted by molar-refractivity contribution is 0.301. The molecule has 0 saturated carbocycles. The Kier molecular flexibility index (Phi) is 6.25. The van der Waals surface area contributed by atoms with Crippen molar-refractivity contribution >= 4 is 0 Å². The Morgan fingerprint density at radius 1 is 0.759 bits per heavy atom. The maximum absolute atomic E-state index is 5.91. The van der Waals surface area contributed by atoms with E-state index in [1.54, 1.807) is 6.20 Å². The standard InChI is InChI=1S/C25H23N3O/c1-2-10-21(11-3-1)25(24-14-5-7-16-27-24)28-18-20-9-8-13-23(17-20)29-19-22-12-4-6-15-26-22/h1-17,25,28H,18-19H2. The Morgan fingerprint density at radius 2 is 1.55 bits per heavy atom. The Bertz CT molecular complexity index is 968. The highest BCUT2D eigenvalue weighted by Gasteiger charge is 2.14. The second-order valence-corrected chi connectivity index (χ2v) is 6.74. The minimum absolute atomic E-state index is 0.0236. The SMILES string of the molecule is c1ccc(C(NCc2cccc(OCc3ccccn3)c2)c2ccccn2)cc1. The predicted octanol–water partition coefficient (Wildman–Crippen LogP) is 4.93. The summed E-state index contributed by atoms with van der Waals surface area (Å²) in [7, 11) is 0. The second-order valence-electron chi connectivity index (χ2n) is 6.74. The van der Waals surface area contributed by atoms with E-state index < -0.39 is 0 Å². The maximum atomic E-state index is 5.91. The highest BCUT2D eigenvalue weighted by Crippen LogP contribution is 2.21. The number of benzene rings is 2. The van der Waals surface area contributed by atoms with Gasteiger partial charge in [0.25, 0.3) is 0 Å². The first-order chi connectivity index (χ1) is 14.4. The van der Waals surface area contributed by atoms with Gasteiger partial charge >= 0.3 is 0 Å². The van der Waals surface area contributed by atoms with Crippen molar-refractivity contribution in [3.63, 3.8) is 0 Å². The van der Waals surface area contributed by atoms with E-state index in [1.165, 1.54) is 5.56 Å². The molecule has 2 aromatic carbocycles. The Labute approximate surface area is 171 Å². The first-order valence-electron chi connectivity index (χ1n) is 9.69. The molecule has 0 aliphatic rings. The van der Waals surface area contributed by atoms with E-state index in [4.69, 9.17) is 4.74 Å². The van der Waals surface area contributed by atoms with E-state index >= 15 is 0 Å². The number of aromatic nitrogens is 2. The first kappa shape index (κ1) is 18.8. The molecule has 1 unspecified atom stereocenters. The molecule has 144 valence electrons. The van der Waals surface area contributed by atoms with Gasteiger partial charge in [-0.2, -0.15) is 0 Å². The van der Waals surface area contributed by atoms with Gasteiger partial charge in [-0.25, -0.2) is 0 Å². The molecule has 1 N–H and O–H groups in total. The van der Waals surface area contributed by atoms with E-state index in [0.717, 1.165) is 22.7 Å². The summed E-state index contributed by atoms with van der Waals surface area (Å²) in [6.45, 7) is 1.16. The fourth-order valence-corrected chi connectivity index (χ4v) is 3.19. The normalized spacial score (nSPS) is 11.7. The lowest BCUT2D eigenvalue weighted by Crippen LogP contribution is -2.22. The molecule has 0 bridgehead atoms. The van der Waals surface area contributed by atoms with Crippen LogP contribution in [0.1, 0.15) is 28.6 Å². The van der Waals surface area contributed by atoms with Crippen LogP contribution in [0.4, 0.5) is 0 Å². The maximum Gasteiger partial charge on any atom is 0.130 e. The number of hydrogen-bond acceptors (Lipinski definition) is 4. The predicted molar refractivity (Wildman–Crippen MR) is 114 cm³/mol. The average Bonchev–Trinajstić information content (AvgIpc) is 2.80. The number of pyridine rings is 2. The van der Waals surface area contributed by atoms with Crippen LogP contribution in [0, 0.1) is 0 Å². The molecule has 2 aromatic heterocycles. The molecule has 0 amide bonds. The third-order valence-electron chi connectivity index (χ3n) is 4.64. The largest absolute Gasteiger partial charge is 0.487 e. The van der Waals surface area contributed by atoms with Gasteiger partial charge in [0.1, 0.15) is 12.4 Å². The Morgan fingerprint density at radius 3 is 2.31 bits per heavy atom. The quantitative estimate of drug-likeness (QED) is 0.470. The molecule has 4 aromatic rings. The second kappa shape index (κ2) is 9.62. The van der Waals surface area contributed by atoms with Crippen molar-refractivity contribution in [2.24, 2.45) is 0 Å². The molecule has 4 heteroatoms. The van der Waals surface area contributed by atoms with Gasteiger partial charge in [0, 0.05) is 18.9 Å². The van der Waals surface area contributed by atoms with Crippen LogP contribution in [0.15, 0.2) is 103 Å². The molecule has 2 heterocycles. The van der Waals surface area contributed by atoms with Crippen molar-refractivity contribution in [2.75, 3.05) is 0 Å². The molecule has 0 aliphatic heterocycles. The summed E-state index contributed by atoms with van der Waals surface area (Å²) < 4.78 is 5.91. The summed E-state index contributed by atoms with van der Waals surface area (Å²) in [5.41, 5.74) is 4.26. The lowest BCUT2D eigenvalue weighted by atomic mass is 10.0. The summed E-state index contributed by atoms with van der Waals surface area (Å²) in [6.07, 6.45) is 3.61. The smallest absolute Gasteiger partial charge is 0.130 e. The van der Waals surface area contributed by atoms with E-state index in [-0.39, 0.29) is 6.04 Å². The lowest BCUT2D eigenvalue weighted by Gasteiger charge is -2.19. The minimum Gasteiger partial charge on any atom is -0.487 e. The van der Waals surface area contributed by atoms with E-state index in [0.29, 0.717) is 13.2 Å². The van der Waals surface area contributed by atoms with E-state index in [2.05, 4.69) is 57.7 Å². The fourth-order valence-electron chi connectivity index (χ4n) is 3.19. The minimum atomic E-state index is 0.0236. The summed E-state index contributed by atoms with van der Waals surface area (Å²) in [5.74, 6) is 0.837. The van der Waals surface area contributed by atoms with Gasteiger partial charge in [-0.1, -0.05) is 54.6 Å². The van der Waals surface area contributed by atoms with Crippen molar-refractivity contribution in [3.05, 3.63) is 126 Å². The first-order valence-corrected chi connectivity index (χ1v) is 9.69. The topological polar surface area (TPSA) is 47.0 Å². The zero-order valence-corrected chi connectivity index (χ0v) is 16.1. The summed E-state index contributed by atoms with van der Waals surface area (Å²) in [4.78, 5) is 8.85. The van der Waals surface area contributed by atoms with Crippen molar-refractivity contribution < 1.29 is 4.74 Å². The van der Waals surface area contributed by atoms with Crippen molar-refractivity contribution in [3.8, 4) is 5.75 Å². The molecule has 4 rings (SSSR count). The highest BCUT2D eigenvalue weighted by molar-refractivity contribution is 5.31. The highest BCUT2D eigenvalue weighted by atomic mass is 16.5. The van der Waals surface area contributed by atoms with Crippen molar-refractivity contribution in [2.45, 2.75) is 19.2 Å². The average molecular weight is 381 g/mol. The van der Waals surface area contributed by atoms with Crippen LogP contribution in [0.5, 0.6) is 5.75 Å². The molecule has 0 spiro atoms. The number of nitrogens with zero attached hydrogens (tertiary/aromatic N) is 2. The van der Waals surface area contributed by atoms with Crippen molar-refractivity contribution in [1.29, 1.82) is 0 Å². The molecule has 1 atom stereocenters. The van der Waals surface area contributed by atoms with E-state index in [9.17, 15) is 0 Å². The third-order valence-corrected chi connectivity index (χ3v) is 4.64. The van der Waals surface area contributed by atoms with Gasteiger partial charge in [-0.05, 0) is 47.5 Å². The molecule has 0 fully saturated rings. The number of nitrogens with one attached hydrogen (secondary N) is 1. The van der Waals surface area contributed by atoms with Crippen LogP contribution >= 0.6 is 0 Å². The molecule has 0 aliphatic carbocycles. The molecule has 0 radical (unpaired) electrons. The number of hydrogen-bond donors (Lipinski definition) is 1. The van der Waals surface area contributed by atoms with Gasteiger partial charge in [-0.15, -0.1) is 0 Å². The molecular weight excluding hydrogens is 358 g/mol. The number of rotatable bonds is 8. The van der Waals surface area contributed by atoms with Crippen LogP contribution in [-0.4, -0.2) is 9.97 Å². The summed E-state index contributed by atoms with van der Waals surface area (Å²) in [5, 5.41) is 3.64. The van der Waals surface area contributed by atoms with Gasteiger partial charge < -0.3 is 10.1 Å². The Hall–Kier alpha value is -3.50. The van der Waals surface area contributed by atoms with Gasteiger partial charge in [-0.3, -0.25) is 9.97 Å². The van der Waals surface area contributed by atoms with Gasteiger partial charge in [0.2, 0.25) is 0 Å². The van der Waals surface area contributed by atoms with Crippen LogP contribution in [0.3, 0.4) is 0 Å². The van der Waals surface area contributed by atoms with Crippen molar-refractivity contribution in [1.82, 2.24) is 15.3 Å². The summed E-state index contributed by atoms with van der Waals surface area (Å²) in [6, 6.07) is 30.4. The van der Waals surface area contributed by atoms with Gasteiger partial charge in [0.15, 0.2) is 0 Å². The van der Waals surface area contributed by atoms with Crippen LogP contribution in [-0.2, 0) is 13.2 Å². The fraction of sp³-hybridized carbons (Fsp3) is 0.120. The van der Waals surface area contributed by atoms with Crippen LogP contribution in [0.25, 0.3) is 0 Å². The van der Waals surface area contributed by atoms with Gasteiger partial charge in [0.05, 0.1) is 17.4 Å². The monoisotopic (exact) mass is 381 g/mol. The Balaban J connectivity index is 1.45.